The molecule has 2 aromatic carbocycles. The van der Waals surface area contributed by atoms with E-state index in [0.29, 0.717) is 6.42 Å². The highest BCUT2D eigenvalue weighted by molar-refractivity contribution is 7.24. The quantitative estimate of drug-likeness (QED) is 0.716. The normalized spacial score (nSPS) is 11.2. The summed E-state index contributed by atoms with van der Waals surface area (Å²) in [7, 11) is 0. The van der Waals surface area contributed by atoms with Crippen molar-refractivity contribution in [3.8, 4) is 0 Å². The number of rotatable bonds is 2. The Labute approximate surface area is 108 Å². The average Bonchev–Trinajstić information content (AvgIpc) is 2.39. The first-order valence-electron chi connectivity index (χ1n) is 5.85. The molecule has 1 heterocycles. The Kier molecular flexibility index (Phi) is 2.86. The molecule has 0 aliphatic carbocycles. The molecule has 0 saturated heterocycles. The van der Waals surface area contributed by atoms with E-state index < -0.39 is 0 Å². The minimum Gasteiger partial charge on any atom is -0.396 e. The molecule has 0 amide bonds. The van der Waals surface area contributed by atoms with Crippen molar-refractivity contribution in [2.24, 2.45) is 0 Å². The Morgan fingerprint density at radius 3 is 2.61 bits per heavy atom. The molecule has 2 nitrogen and oxygen atoms in total. The Bertz CT molecular complexity index is 774. The van der Waals surface area contributed by atoms with Crippen molar-refractivity contribution in [3.63, 3.8) is 0 Å². The Balaban J connectivity index is 2.37. The minimum atomic E-state index is 0.0925. The van der Waals surface area contributed by atoms with Gasteiger partial charge in [-0.1, -0.05) is 18.2 Å². The number of benzene rings is 2. The third-order valence-corrected chi connectivity index (χ3v) is 4.18. The van der Waals surface area contributed by atoms with E-state index in [4.69, 9.17) is 5.11 Å². The van der Waals surface area contributed by atoms with Crippen LogP contribution in [-0.2, 0) is 6.42 Å². The lowest BCUT2D eigenvalue weighted by molar-refractivity contribution is 0.299. The second-order valence-corrected chi connectivity index (χ2v) is 5.32. The third kappa shape index (κ3) is 1.82. The van der Waals surface area contributed by atoms with Crippen molar-refractivity contribution in [3.05, 3.63) is 58.3 Å². The molecule has 1 aromatic heterocycles. The smallest absolute Gasteiger partial charge is 0.195 e. The number of hydrogen-bond donors (Lipinski definition) is 1. The van der Waals surface area contributed by atoms with Crippen LogP contribution in [0.1, 0.15) is 5.56 Å². The standard InChI is InChI=1S/C15H12O2S/c16-8-7-10-5-6-12-14(9-10)18-13-4-2-1-3-11(13)15(12)17/h1-6,9,16H,7-8H2. The van der Waals surface area contributed by atoms with Gasteiger partial charge >= 0.3 is 0 Å². The van der Waals surface area contributed by atoms with Crippen molar-refractivity contribution in [1.29, 1.82) is 0 Å². The fourth-order valence-corrected chi connectivity index (χ4v) is 3.27. The number of aliphatic hydroxyl groups is 1. The predicted molar refractivity (Wildman–Crippen MR) is 76.4 cm³/mol. The third-order valence-electron chi connectivity index (χ3n) is 3.04. The monoisotopic (exact) mass is 256 g/mol. The Morgan fingerprint density at radius 1 is 1.00 bits per heavy atom. The van der Waals surface area contributed by atoms with Crippen LogP contribution in [0.15, 0.2) is 47.3 Å². The maximum atomic E-state index is 12.3. The molecule has 3 aromatic rings. The molecule has 90 valence electrons. The first kappa shape index (κ1) is 11.4. The van der Waals surface area contributed by atoms with Gasteiger partial charge in [-0.25, -0.2) is 0 Å². The summed E-state index contributed by atoms with van der Waals surface area (Å²) in [6.45, 7) is 0.133. The van der Waals surface area contributed by atoms with Crippen LogP contribution in [0.3, 0.4) is 0 Å². The zero-order valence-electron chi connectivity index (χ0n) is 9.72. The van der Waals surface area contributed by atoms with Gasteiger partial charge < -0.3 is 5.11 Å². The molecule has 0 saturated carbocycles. The minimum absolute atomic E-state index is 0.0925. The van der Waals surface area contributed by atoms with Crippen molar-refractivity contribution < 1.29 is 5.11 Å². The largest absolute Gasteiger partial charge is 0.396 e. The molecule has 3 heteroatoms. The summed E-state index contributed by atoms with van der Waals surface area (Å²) in [4.78, 5) is 12.3. The van der Waals surface area contributed by atoms with Gasteiger partial charge in [0.05, 0.1) is 0 Å². The summed E-state index contributed by atoms with van der Waals surface area (Å²) >= 11 is 1.62. The molecule has 0 spiro atoms. The van der Waals surface area contributed by atoms with Crippen LogP contribution in [0.4, 0.5) is 0 Å². The fraction of sp³-hybridized carbons (Fsp3) is 0.133. The molecule has 0 aliphatic heterocycles. The van der Waals surface area contributed by atoms with Gasteiger partial charge in [0.15, 0.2) is 5.43 Å². The fourth-order valence-electron chi connectivity index (χ4n) is 2.13. The zero-order chi connectivity index (χ0) is 12.5. The summed E-state index contributed by atoms with van der Waals surface area (Å²) in [6.07, 6.45) is 0.629. The molecule has 0 atom stereocenters. The average molecular weight is 256 g/mol. The van der Waals surface area contributed by atoms with Crippen molar-refractivity contribution >= 4 is 31.5 Å². The second-order valence-electron chi connectivity index (χ2n) is 4.23. The lowest BCUT2D eigenvalue weighted by Gasteiger charge is -2.03. The highest BCUT2D eigenvalue weighted by atomic mass is 32.1. The van der Waals surface area contributed by atoms with Crippen LogP contribution in [0, 0.1) is 0 Å². The first-order valence-corrected chi connectivity index (χ1v) is 6.66. The predicted octanol–water partition coefficient (Wildman–Crippen LogP) is 2.95. The molecule has 0 bridgehead atoms. The molecule has 18 heavy (non-hydrogen) atoms. The number of hydrogen-bond acceptors (Lipinski definition) is 3. The van der Waals surface area contributed by atoms with Crippen molar-refractivity contribution in [1.82, 2.24) is 0 Å². The van der Waals surface area contributed by atoms with Gasteiger partial charge in [-0.05, 0) is 36.2 Å². The number of fused-ring (bicyclic) bond motifs is 2. The van der Waals surface area contributed by atoms with E-state index in [1.807, 2.05) is 42.5 Å². The lowest BCUT2D eigenvalue weighted by atomic mass is 10.1. The van der Waals surface area contributed by atoms with Gasteiger partial charge in [-0.3, -0.25) is 4.79 Å². The molecular formula is C15H12O2S. The van der Waals surface area contributed by atoms with Gasteiger partial charge in [-0.2, -0.15) is 0 Å². The molecule has 3 rings (SSSR count). The molecular weight excluding hydrogens is 244 g/mol. The van der Waals surface area contributed by atoms with E-state index in [9.17, 15) is 4.79 Å². The first-order chi connectivity index (χ1) is 8.79. The molecule has 0 unspecified atom stereocenters. The van der Waals surface area contributed by atoms with Crippen molar-refractivity contribution in [2.75, 3.05) is 6.61 Å². The topological polar surface area (TPSA) is 37.3 Å². The summed E-state index contributed by atoms with van der Waals surface area (Å²) < 4.78 is 2.00. The number of aliphatic hydroxyl groups excluding tert-OH is 1. The van der Waals surface area contributed by atoms with Gasteiger partial charge in [0.2, 0.25) is 0 Å². The summed E-state index contributed by atoms with van der Waals surface area (Å²) in [5.74, 6) is 0. The summed E-state index contributed by atoms with van der Waals surface area (Å²) in [5.41, 5.74) is 1.16. The van der Waals surface area contributed by atoms with Gasteiger partial charge in [-0.15, -0.1) is 11.3 Å². The SMILES string of the molecule is O=c1c2ccccc2sc2cc(CCO)ccc12. The van der Waals surface area contributed by atoms with E-state index >= 15 is 0 Å². The van der Waals surface area contributed by atoms with Crippen LogP contribution in [0.2, 0.25) is 0 Å². The van der Waals surface area contributed by atoms with Crippen LogP contribution in [0.25, 0.3) is 20.2 Å². The highest BCUT2D eigenvalue weighted by Crippen LogP contribution is 2.25. The van der Waals surface area contributed by atoms with Gasteiger partial charge in [0.25, 0.3) is 0 Å². The molecule has 0 radical (unpaired) electrons. The van der Waals surface area contributed by atoms with Gasteiger partial charge in [0, 0.05) is 26.8 Å². The van der Waals surface area contributed by atoms with Crippen molar-refractivity contribution in [2.45, 2.75) is 6.42 Å². The maximum Gasteiger partial charge on any atom is 0.195 e. The Morgan fingerprint density at radius 2 is 1.78 bits per heavy atom. The van der Waals surface area contributed by atoms with Crippen LogP contribution in [0.5, 0.6) is 0 Å². The zero-order valence-corrected chi connectivity index (χ0v) is 10.5. The van der Waals surface area contributed by atoms with Crippen LogP contribution in [-0.4, -0.2) is 11.7 Å². The molecule has 0 aliphatic rings. The van der Waals surface area contributed by atoms with E-state index in [-0.39, 0.29) is 12.0 Å². The van der Waals surface area contributed by atoms with E-state index in [1.54, 1.807) is 11.3 Å². The maximum absolute atomic E-state index is 12.3. The van der Waals surface area contributed by atoms with Crippen LogP contribution < -0.4 is 5.43 Å². The van der Waals surface area contributed by atoms with Crippen LogP contribution >= 0.6 is 11.3 Å². The molecule has 1 N–H and O–H groups in total. The summed E-state index contributed by atoms with van der Waals surface area (Å²) in [5, 5.41) is 10.5. The lowest BCUT2D eigenvalue weighted by Crippen LogP contribution is -2.01. The van der Waals surface area contributed by atoms with Gasteiger partial charge in [0.1, 0.15) is 0 Å². The molecule has 0 fully saturated rings. The highest BCUT2D eigenvalue weighted by Gasteiger charge is 2.05. The second kappa shape index (κ2) is 4.52. The Hall–Kier alpha value is -1.71. The van der Waals surface area contributed by atoms with E-state index in [1.165, 1.54) is 0 Å². The summed E-state index contributed by atoms with van der Waals surface area (Å²) in [6, 6.07) is 13.5. The van der Waals surface area contributed by atoms with E-state index in [2.05, 4.69) is 0 Å². The van der Waals surface area contributed by atoms with E-state index in [0.717, 1.165) is 25.7 Å².